The summed E-state index contributed by atoms with van der Waals surface area (Å²) >= 11 is 5.31. The fourth-order valence-electron chi connectivity index (χ4n) is 1.65. The van der Waals surface area contributed by atoms with Gasteiger partial charge in [0, 0.05) is 27.0 Å². The molecule has 0 aliphatic carbocycles. The van der Waals surface area contributed by atoms with Gasteiger partial charge in [-0.25, -0.2) is 0 Å². The number of rotatable bonds is 3. The van der Waals surface area contributed by atoms with E-state index >= 15 is 0 Å². The number of hydrogen-bond donors (Lipinski definition) is 1. The van der Waals surface area contributed by atoms with Gasteiger partial charge in [0.1, 0.15) is 0 Å². The van der Waals surface area contributed by atoms with Crippen molar-refractivity contribution in [3.8, 4) is 0 Å². The zero-order chi connectivity index (χ0) is 13.1. The Bertz CT molecular complexity index is 570. The van der Waals surface area contributed by atoms with E-state index in [-0.39, 0.29) is 0 Å². The Balaban J connectivity index is 2.17. The van der Waals surface area contributed by atoms with Crippen molar-refractivity contribution in [2.45, 2.75) is 24.5 Å². The second-order valence-corrected chi connectivity index (χ2v) is 6.02. The van der Waals surface area contributed by atoms with Gasteiger partial charge in [-0.05, 0) is 53.0 Å². The van der Waals surface area contributed by atoms with Crippen LogP contribution < -0.4 is 5.73 Å². The van der Waals surface area contributed by atoms with Crippen LogP contribution in [0, 0.1) is 13.8 Å². The van der Waals surface area contributed by atoms with Crippen molar-refractivity contribution < 1.29 is 0 Å². The highest BCUT2D eigenvalue weighted by atomic mass is 79.9. The Morgan fingerprint density at radius 1 is 1.28 bits per heavy atom. The summed E-state index contributed by atoms with van der Waals surface area (Å²) in [5, 5.41) is 0. The average Bonchev–Trinajstić information content (AvgIpc) is 2.37. The minimum Gasteiger partial charge on any atom is -0.398 e. The van der Waals surface area contributed by atoms with Gasteiger partial charge in [0.05, 0.1) is 5.69 Å². The quantitative estimate of drug-likeness (QED) is 0.854. The summed E-state index contributed by atoms with van der Waals surface area (Å²) in [6.07, 6.45) is 1.85. The van der Waals surface area contributed by atoms with Crippen LogP contribution in [0.4, 0.5) is 5.69 Å². The van der Waals surface area contributed by atoms with Crippen molar-refractivity contribution in [3.63, 3.8) is 0 Å². The van der Waals surface area contributed by atoms with Crippen LogP contribution in [0.25, 0.3) is 0 Å². The van der Waals surface area contributed by atoms with Gasteiger partial charge in [-0.3, -0.25) is 4.98 Å². The molecule has 94 valence electrons. The lowest BCUT2D eigenvalue weighted by Gasteiger charge is -2.10. The van der Waals surface area contributed by atoms with E-state index in [2.05, 4.69) is 27.0 Å². The lowest BCUT2D eigenvalue weighted by Crippen LogP contribution is -2.00. The molecule has 1 aromatic heterocycles. The average molecular weight is 323 g/mol. The number of aromatic nitrogens is 1. The van der Waals surface area contributed by atoms with E-state index in [1.165, 1.54) is 4.90 Å². The molecule has 0 spiro atoms. The fraction of sp³-hybridized carbons (Fsp3) is 0.214. The number of nitrogen functional groups attached to an aromatic ring is 1. The molecule has 1 aromatic carbocycles. The summed E-state index contributed by atoms with van der Waals surface area (Å²) in [4.78, 5) is 5.69. The van der Waals surface area contributed by atoms with Gasteiger partial charge in [-0.2, -0.15) is 0 Å². The predicted octanol–water partition coefficient (Wildman–Crippen LogP) is 4.34. The second kappa shape index (κ2) is 5.76. The highest BCUT2D eigenvalue weighted by molar-refractivity contribution is 9.10. The third-order valence-corrected chi connectivity index (χ3v) is 4.92. The van der Waals surface area contributed by atoms with Crippen molar-refractivity contribution >= 4 is 33.4 Å². The van der Waals surface area contributed by atoms with Crippen molar-refractivity contribution in [1.29, 1.82) is 0 Å². The molecule has 0 saturated heterocycles. The van der Waals surface area contributed by atoms with Gasteiger partial charge in [-0.1, -0.05) is 12.1 Å². The van der Waals surface area contributed by atoms with Crippen LogP contribution in [0.15, 0.2) is 39.8 Å². The van der Waals surface area contributed by atoms with E-state index in [4.69, 9.17) is 5.73 Å². The van der Waals surface area contributed by atoms with E-state index in [9.17, 15) is 0 Å². The second-order valence-electron chi connectivity index (χ2n) is 4.15. The number of aryl methyl sites for hydroxylation is 1. The van der Waals surface area contributed by atoms with Crippen LogP contribution in [0.3, 0.4) is 0 Å². The van der Waals surface area contributed by atoms with Crippen LogP contribution in [0.2, 0.25) is 0 Å². The van der Waals surface area contributed by atoms with Crippen molar-refractivity contribution in [1.82, 2.24) is 4.98 Å². The molecule has 2 nitrogen and oxygen atoms in total. The zero-order valence-electron chi connectivity index (χ0n) is 10.4. The van der Waals surface area contributed by atoms with E-state index in [1.807, 2.05) is 38.2 Å². The molecule has 0 atom stereocenters. The molecular formula is C14H15BrN2S. The van der Waals surface area contributed by atoms with Crippen LogP contribution >= 0.6 is 27.7 Å². The monoisotopic (exact) mass is 322 g/mol. The van der Waals surface area contributed by atoms with Gasteiger partial charge in [-0.15, -0.1) is 11.8 Å². The van der Waals surface area contributed by atoms with Gasteiger partial charge < -0.3 is 5.73 Å². The lowest BCUT2D eigenvalue weighted by molar-refractivity contribution is 1.11. The summed E-state index contributed by atoms with van der Waals surface area (Å²) in [6, 6.07) is 8.20. The number of anilines is 1. The summed E-state index contributed by atoms with van der Waals surface area (Å²) in [5.41, 5.74) is 10.1. The third kappa shape index (κ3) is 2.87. The summed E-state index contributed by atoms with van der Waals surface area (Å²) in [7, 11) is 0. The van der Waals surface area contributed by atoms with Gasteiger partial charge in [0.15, 0.2) is 0 Å². The third-order valence-electron chi connectivity index (χ3n) is 2.88. The van der Waals surface area contributed by atoms with Crippen molar-refractivity contribution in [3.05, 3.63) is 51.8 Å². The molecule has 0 unspecified atom stereocenters. The van der Waals surface area contributed by atoms with Crippen LogP contribution in [0.5, 0.6) is 0 Å². The molecule has 0 fully saturated rings. The largest absolute Gasteiger partial charge is 0.398 e. The van der Waals surface area contributed by atoms with Gasteiger partial charge in [0.25, 0.3) is 0 Å². The maximum Gasteiger partial charge on any atom is 0.0556 e. The first-order chi connectivity index (χ1) is 8.59. The number of nitrogens with zero attached hydrogens (tertiary/aromatic N) is 1. The van der Waals surface area contributed by atoms with Crippen molar-refractivity contribution in [2.24, 2.45) is 0 Å². The molecule has 4 heteroatoms. The Morgan fingerprint density at radius 3 is 2.72 bits per heavy atom. The Kier molecular flexibility index (Phi) is 4.30. The van der Waals surface area contributed by atoms with E-state index in [0.717, 1.165) is 32.7 Å². The Morgan fingerprint density at radius 2 is 2.00 bits per heavy atom. The van der Waals surface area contributed by atoms with E-state index in [0.29, 0.717) is 0 Å². The molecule has 0 radical (unpaired) electrons. The zero-order valence-corrected chi connectivity index (χ0v) is 12.8. The molecule has 0 aliphatic heterocycles. The Hall–Kier alpha value is -1.00. The molecule has 0 amide bonds. The van der Waals surface area contributed by atoms with Gasteiger partial charge >= 0.3 is 0 Å². The predicted molar refractivity (Wildman–Crippen MR) is 81.8 cm³/mol. The molecular weight excluding hydrogens is 308 g/mol. The molecule has 0 aliphatic rings. The minimum atomic E-state index is 0.832. The molecule has 0 bridgehead atoms. The van der Waals surface area contributed by atoms with Crippen LogP contribution in [-0.2, 0) is 5.75 Å². The number of halogens is 1. The molecule has 0 saturated carbocycles. The maximum atomic E-state index is 6.02. The standard InChI is InChI=1S/C14H15BrN2S/c1-9-7-17-12(10(2)14(9)16)8-18-13-6-4-3-5-11(13)15/h3-7H,8H2,1-2H3,(H2,16,17). The number of hydrogen-bond acceptors (Lipinski definition) is 3. The normalized spacial score (nSPS) is 10.6. The molecule has 1 heterocycles. The first-order valence-electron chi connectivity index (χ1n) is 5.67. The van der Waals surface area contributed by atoms with Crippen LogP contribution in [0.1, 0.15) is 16.8 Å². The lowest BCUT2D eigenvalue weighted by atomic mass is 10.1. The number of nitrogens with two attached hydrogens (primary N) is 1. The first kappa shape index (κ1) is 13.4. The highest BCUT2D eigenvalue weighted by Crippen LogP contribution is 2.31. The molecule has 2 N–H and O–H groups in total. The topological polar surface area (TPSA) is 38.9 Å². The first-order valence-corrected chi connectivity index (χ1v) is 7.45. The fourth-order valence-corrected chi connectivity index (χ4v) is 3.24. The van der Waals surface area contributed by atoms with E-state index in [1.54, 1.807) is 11.8 Å². The summed E-state index contributed by atoms with van der Waals surface area (Å²) in [6.45, 7) is 4.02. The maximum absolute atomic E-state index is 6.02. The van der Waals surface area contributed by atoms with Gasteiger partial charge in [0.2, 0.25) is 0 Å². The highest BCUT2D eigenvalue weighted by Gasteiger charge is 2.07. The number of benzene rings is 1. The van der Waals surface area contributed by atoms with Crippen LogP contribution in [-0.4, -0.2) is 4.98 Å². The van der Waals surface area contributed by atoms with E-state index < -0.39 is 0 Å². The molecule has 18 heavy (non-hydrogen) atoms. The number of pyridine rings is 1. The summed E-state index contributed by atoms with van der Waals surface area (Å²) in [5.74, 6) is 0.832. The smallest absolute Gasteiger partial charge is 0.0556 e. The molecule has 2 rings (SSSR count). The SMILES string of the molecule is Cc1cnc(CSc2ccccc2Br)c(C)c1N. The minimum absolute atomic E-state index is 0.832. The summed E-state index contributed by atoms with van der Waals surface area (Å²) < 4.78 is 1.12. The Labute approximate surface area is 120 Å². The molecule has 2 aromatic rings. The van der Waals surface area contributed by atoms with Crippen molar-refractivity contribution in [2.75, 3.05) is 5.73 Å². The number of thioether (sulfide) groups is 1.